The van der Waals surface area contributed by atoms with E-state index in [2.05, 4.69) is 15.6 Å². The zero-order valence-corrected chi connectivity index (χ0v) is 26.8. The SMILES string of the molecule is CNC(=O)c1c(-c2ccc(F)cc2)oc2cc(N(C)S(C)(=O)=O)c(-c3ccc(OC)c(-c4nc5c(C(=O)NC)cccc5o4)c3)cc12. The van der Waals surface area contributed by atoms with Gasteiger partial charge in [-0.2, -0.15) is 0 Å². The van der Waals surface area contributed by atoms with Crippen LogP contribution >= 0.6 is 0 Å². The van der Waals surface area contributed by atoms with Crippen LogP contribution < -0.4 is 19.7 Å². The van der Waals surface area contributed by atoms with Crippen LogP contribution in [0.15, 0.2) is 81.6 Å². The number of aromatic nitrogens is 1. The Morgan fingerprint density at radius 1 is 0.872 bits per heavy atom. The first-order valence-corrected chi connectivity index (χ1v) is 16.1. The Kier molecular flexibility index (Phi) is 7.93. The molecule has 47 heavy (non-hydrogen) atoms. The van der Waals surface area contributed by atoms with Crippen LogP contribution in [0.4, 0.5) is 10.1 Å². The molecule has 0 aliphatic carbocycles. The maximum Gasteiger partial charge on any atom is 0.255 e. The molecule has 4 aromatic carbocycles. The number of ether oxygens (including phenoxy) is 1. The lowest BCUT2D eigenvalue weighted by Crippen LogP contribution is -2.25. The molecule has 6 aromatic rings. The molecule has 0 atom stereocenters. The third-order valence-electron chi connectivity index (χ3n) is 7.84. The van der Waals surface area contributed by atoms with Gasteiger partial charge in [0.15, 0.2) is 5.58 Å². The maximum absolute atomic E-state index is 13.8. The van der Waals surface area contributed by atoms with Crippen molar-refractivity contribution in [3.63, 3.8) is 0 Å². The lowest BCUT2D eigenvalue weighted by molar-refractivity contribution is 0.0956. The van der Waals surface area contributed by atoms with Crippen LogP contribution in [0.2, 0.25) is 0 Å². The lowest BCUT2D eigenvalue weighted by Gasteiger charge is -2.21. The van der Waals surface area contributed by atoms with Crippen LogP contribution in [0, 0.1) is 5.82 Å². The van der Waals surface area contributed by atoms with Crippen molar-refractivity contribution in [2.45, 2.75) is 0 Å². The molecular weight excluding hydrogens is 627 g/mol. The highest BCUT2D eigenvalue weighted by atomic mass is 32.2. The number of carbonyl (C=O) groups excluding carboxylic acids is 2. The maximum atomic E-state index is 13.8. The van der Waals surface area contributed by atoms with Gasteiger partial charge < -0.3 is 24.2 Å². The molecule has 0 spiro atoms. The van der Waals surface area contributed by atoms with Crippen molar-refractivity contribution in [3.8, 4) is 39.7 Å². The number of nitrogens with zero attached hydrogens (tertiary/aromatic N) is 2. The number of halogens is 1. The van der Waals surface area contributed by atoms with Crippen molar-refractivity contribution in [3.05, 3.63) is 89.7 Å². The first kappa shape index (κ1) is 31.3. The van der Waals surface area contributed by atoms with Crippen LogP contribution in [0.25, 0.3) is 56.0 Å². The number of hydrogen-bond donors (Lipinski definition) is 2. The summed E-state index contributed by atoms with van der Waals surface area (Å²) in [7, 11) is 2.14. The normalized spacial score (nSPS) is 11.5. The Hall–Kier alpha value is -5.69. The van der Waals surface area contributed by atoms with Gasteiger partial charge in [0.05, 0.1) is 35.7 Å². The summed E-state index contributed by atoms with van der Waals surface area (Å²) in [5, 5.41) is 5.63. The lowest BCUT2D eigenvalue weighted by atomic mass is 9.97. The second-order valence-electron chi connectivity index (χ2n) is 10.7. The molecular formula is C34H29FN4O7S. The third-order valence-corrected chi connectivity index (χ3v) is 9.03. The number of amides is 2. The molecule has 0 aliphatic rings. The van der Waals surface area contributed by atoms with Gasteiger partial charge in [0.2, 0.25) is 15.9 Å². The van der Waals surface area contributed by atoms with E-state index in [1.165, 1.54) is 52.5 Å². The van der Waals surface area contributed by atoms with Crippen molar-refractivity contribution in [1.82, 2.24) is 15.6 Å². The quantitative estimate of drug-likeness (QED) is 0.208. The van der Waals surface area contributed by atoms with Crippen LogP contribution in [0.5, 0.6) is 5.75 Å². The number of nitrogens with one attached hydrogen (secondary N) is 2. The topological polar surface area (TPSA) is 144 Å². The number of methoxy groups -OCH3 is 1. The van der Waals surface area contributed by atoms with Gasteiger partial charge in [0.1, 0.15) is 28.4 Å². The van der Waals surface area contributed by atoms with E-state index >= 15 is 0 Å². The van der Waals surface area contributed by atoms with Gasteiger partial charge in [0.25, 0.3) is 11.8 Å². The summed E-state index contributed by atoms with van der Waals surface area (Å²) < 4.78 is 58.4. The molecule has 2 aromatic heterocycles. The first-order chi connectivity index (χ1) is 22.4. The summed E-state index contributed by atoms with van der Waals surface area (Å²) in [6.07, 6.45) is 1.07. The molecule has 0 bridgehead atoms. The van der Waals surface area contributed by atoms with E-state index in [0.29, 0.717) is 50.1 Å². The fourth-order valence-electron chi connectivity index (χ4n) is 5.38. The number of rotatable bonds is 8. The van der Waals surface area contributed by atoms with E-state index in [9.17, 15) is 22.4 Å². The van der Waals surface area contributed by atoms with Crippen molar-refractivity contribution in [2.75, 3.05) is 38.8 Å². The standard InChI is InChI=1S/C34H29FN4O7S/c1-36-32(40)21-7-6-8-27-30(21)38-34(46-27)24-15-19(11-14-26(24)44-4)22-16-23-28(17-25(22)39(3)47(5,42)43)45-31(29(23)33(41)37-2)18-9-12-20(35)13-10-18/h6-17H,1-5H3,(H,36,40)(H,37,41). The second kappa shape index (κ2) is 11.9. The number of hydrogen-bond acceptors (Lipinski definition) is 8. The van der Waals surface area contributed by atoms with Crippen LogP contribution in [0.1, 0.15) is 20.7 Å². The van der Waals surface area contributed by atoms with E-state index in [1.54, 1.807) is 48.5 Å². The fourth-order valence-corrected chi connectivity index (χ4v) is 5.89. The van der Waals surface area contributed by atoms with E-state index in [1.807, 2.05) is 0 Å². The Morgan fingerprint density at radius 3 is 2.23 bits per heavy atom. The molecule has 0 unspecified atom stereocenters. The Morgan fingerprint density at radius 2 is 1.57 bits per heavy atom. The highest BCUT2D eigenvalue weighted by Gasteiger charge is 2.27. The molecule has 2 N–H and O–H groups in total. The number of benzene rings is 4. The van der Waals surface area contributed by atoms with E-state index in [-0.39, 0.29) is 34.4 Å². The van der Waals surface area contributed by atoms with Gasteiger partial charge in [-0.25, -0.2) is 17.8 Å². The average Bonchev–Trinajstić information content (AvgIpc) is 3.68. The minimum Gasteiger partial charge on any atom is -0.496 e. The molecule has 13 heteroatoms. The van der Waals surface area contributed by atoms with Gasteiger partial charge in [-0.15, -0.1) is 0 Å². The summed E-state index contributed by atoms with van der Waals surface area (Å²) in [5.74, 6) is -0.462. The summed E-state index contributed by atoms with van der Waals surface area (Å²) in [6, 6.07) is 18.9. The zero-order valence-electron chi connectivity index (χ0n) is 26.0. The number of carbonyl (C=O) groups is 2. The van der Waals surface area contributed by atoms with Crippen molar-refractivity contribution >= 4 is 49.6 Å². The highest BCUT2D eigenvalue weighted by molar-refractivity contribution is 7.92. The molecule has 240 valence electrons. The molecule has 0 radical (unpaired) electrons. The summed E-state index contributed by atoms with van der Waals surface area (Å²) in [5.41, 5.74) is 3.63. The zero-order chi connectivity index (χ0) is 33.6. The van der Waals surface area contributed by atoms with Gasteiger partial charge in [-0.05, 0) is 60.2 Å². The second-order valence-corrected chi connectivity index (χ2v) is 12.7. The Balaban J connectivity index is 1.62. The molecule has 2 heterocycles. The Bertz CT molecular complexity index is 2310. The van der Waals surface area contributed by atoms with Crippen LogP contribution in [-0.4, -0.2) is 59.7 Å². The minimum atomic E-state index is -3.77. The number of para-hydroxylation sites is 1. The average molecular weight is 657 g/mol. The van der Waals surface area contributed by atoms with Crippen molar-refractivity contribution in [1.29, 1.82) is 0 Å². The molecule has 6 rings (SSSR count). The molecule has 0 fully saturated rings. The Labute approximate surface area is 269 Å². The largest absolute Gasteiger partial charge is 0.496 e. The molecule has 0 aliphatic heterocycles. The molecule has 0 saturated carbocycles. The van der Waals surface area contributed by atoms with Crippen LogP contribution in [-0.2, 0) is 10.0 Å². The molecule has 2 amide bonds. The number of oxazole rings is 1. The highest BCUT2D eigenvalue weighted by Crippen LogP contribution is 2.43. The van der Waals surface area contributed by atoms with Gasteiger partial charge in [-0.1, -0.05) is 12.1 Å². The molecule has 0 saturated heterocycles. The number of fused-ring (bicyclic) bond motifs is 2. The van der Waals surface area contributed by atoms with Crippen molar-refractivity contribution in [2.24, 2.45) is 0 Å². The van der Waals surface area contributed by atoms with Crippen LogP contribution in [0.3, 0.4) is 0 Å². The van der Waals surface area contributed by atoms with E-state index in [4.69, 9.17) is 13.6 Å². The van der Waals surface area contributed by atoms with Gasteiger partial charge >= 0.3 is 0 Å². The number of furan rings is 1. The summed E-state index contributed by atoms with van der Waals surface area (Å²) in [4.78, 5) is 30.4. The monoisotopic (exact) mass is 656 g/mol. The van der Waals surface area contributed by atoms with Crippen molar-refractivity contribution < 1.29 is 36.0 Å². The summed E-state index contributed by atoms with van der Waals surface area (Å²) in [6.45, 7) is 0. The smallest absolute Gasteiger partial charge is 0.255 e. The first-order valence-electron chi connectivity index (χ1n) is 14.3. The predicted octanol–water partition coefficient (Wildman–Crippen LogP) is 5.84. The number of sulfonamides is 1. The summed E-state index contributed by atoms with van der Waals surface area (Å²) >= 11 is 0. The third kappa shape index (κ3) is 5.54. The van der Waals surface area contributed by atoms with Gasteiger partial charge in [-0.3, -0.25) is 13.9 Å². The molecule has 11 nitrogen and oxygen atoms in total. The fraction of sp³-hybridized carbons (Fsp3) is 0.147. The van der Waals surface area contributed by atoms with E-state index < -0.39 is 21.7 Å². The van der Waals surface area contributed by atoms with Gasteiger partial charge in [0, 0.05) is 43.7 Å². The predicted molar refractivity (Wildman–Crippen MR) is 177 cm³/mol. The number of anilines is 1. The van der Waals surface area contributed by atoms with E-state index in [0.717, 1.165) is 10.6 Å². The minimum absolute atomic E-state index is 0.169.